The number of hydrogen-bond acceptors (Lipinski definition) is 6. The van der Waals surface area contributed by atoms with Crippen LogP contribution in [0.3, 0.4) is 0 Å². The largest absolute Gasteiger partial charge is 0.868 e. The van der Waals surface area contributed by atoms with E-state index in [2.05, 4.69) is 16.6 Å². The maximum Gasteiger partial charge on any atom is 0.262 e. The number of aryl methyl sites for hydroxylation is 1. The van der Waals surface area contributed by atoms with Crippen LogP contribution >= 0.6 is 0 Å². The zero-order chi connectivity index (χ0) is 18.5. The summed E-state index contributed by atoms with van der Waals surface area (Å²) in [5.74, 6) is -0.951. The molecule has 1 aliphatic rings. The summed E-state index contributed by atoms with van der Waals surface area (Å²) in [7, 11) is 0. The molecule has 0 aromatic heterocycles. The number of amides is 1. The minimum Gasteiger partial charge on any atom is -0.868 e. The lowest BCUT2D eigenvalue weighted by atomic mass is 10.0. The Morgan fingerprint density at radius 1 is 1.31 bits per heavy atom. The Bertz CT molecular complexity index is 866. The Kier molecular flexibility index (Phi) is 5.12. The highest BCUT2D eigenvalue weighted by Crippen LogP contribution is 2.26. The van der Waals surface area contributed by atoms with Gasteiger partial charge in [0, 0.05) is 23.9 Å². The van der Waals surface area contributed by atoms with Gasteiger partial charge in [0.15, 0.2) is 0 Å². The number of nitro groups is 1. The summed E-state index contributed by atoms with van der Waals surface area (Å²) in [6.07, 6.45) is 3.26. The van der Waals surface area contributed by atoms with Crippen molar-refractivity contribution in [1.82, 2.24) is 5.43 Å². The summed E-state index contributed by atoms with van der Waals surface area (Å²) in [5.41, 5.74) is 4.53. The van der Waals surface area contributed by atoms with E-state index < -0.39 is 16.4 Å². The highest BCUT2D eigenvalue weighted by molar-refractivity contribution is 5.85. The third-order valence-electron chi connectivity index (χ3n) is 4.12. The molecule has 0 bridgehead atoms. The van der Waals surface area contributed by atoms with Crippen LogP contribution in [-0.2, 0) is 11.2 Å². The number of carbonyl (C=O) groups is 1. The number of para-hydroxylation sites is 1. The van der Waals surface area contributed by atoms with E-state index in [4.69, 9.17) is 0 Å². The van der Waals surface area contributed by atoms with Gasteiger partial charge in [-0.3, -0.25) is 14.9 Å². The lowest BCUT2D eigenvalue weighted by molar-refractivity contribution is -0.398. The first-order chi connectivity index (χ1) is 12.5. The smallest absolute Gasteiger partial charge is 0.262 e. The van der Waals surface area contributed by atoms with Gasteiger partial charge in [-0.1, -0.05) is 30.3 Å². The predicted octanol–water partition coefficient (Wildman–Crippen LogP) is 1.57. The Morgan fingerprint density at radius 3 is 2.92 bits per heavy atom. The molecular weight excluding hydrogens is 336 g/mol. The van der Waals surface area contributed by atoms with Crippen LogP contribution < -0.4 is 15.4 Å². The van der Waals surface area contributed by atoms with Crippen molar-refractivity contribution >= 4 is 23.5 Å². The van der Waals surface area contributed by atoms with Gasteiger partial charge in [0.05, 0.1) is 17.7 Å². The molecule has 26 heavy (non-hydrogen) atoms. The molecular formula is C18H17N4O4-. The third-order valence-corrected chi connectivity index (χ3v) is 4.12. The van der Waals surface area contributed by atoms with Gasteiger partial charge < -0.3 is 10.0 Å². The monoisotopic (exact) mass is 353 g/mol. The zero-order valence-corrected chi connectivity index (χ0v) is 13.9. The summed E-state index contributed by atoms with van der Waals surface area (Å²) < 4.78 is 0. The van der Waals surface area contributed by atoms with Gasteiger partial charge in [-0.15, -0.1) is 0 Å². The second-order valence-corrected chi connectivity index (χ2v) is 5.93. The van der Waals surface area contributed by atoms with Gasteiger partial charge in [-0.05, 0) is 30.2 Å². The van der Waals surface area contributed by atoms with E-state index in [0.29, 0.717) is 5.56 Å². The second kappa shape index (κ2) is 7.64. The van der Waals surface area contributed by atoms with E-state index >= 15 is 0 Å². The quantitative estimate of drug-likeness (QED) is 0.498. The molecule has 0 aliphatic carbocycles. The number of anilines is 1. The first-order valence-corrected chi connectivity index (χ1v) is 8.15. The molecule has 3 rings (SSSR count). The molecule has 0 saturated heterocycles. The zero-order valence-electron chi connectivity index (χ0n) is 13.9. The van der Waals surface area contributed by atoms with Crippen LogP contribution in [0.15, 0.2) is 47.6 Å². The molecule has 0 fully saturated rings. The number of nitro benzene ring substituents is 1. The average molecular weight is 353 g/mol. The van der Waals surface area contributed by atoms with Crippen LogP contribution in [0.25, 0.3) is 0 Å². The van der Waals surface area contributed by atoms with Crippen molar-refractivity contribution in [2.75, 3.05) is 18.0 Å². The van der Waals surface area contributed by atoms with Gasteiger partial charge >= 0.3 is 0 Å². The van der Waals surface area contributed by atoms with Crippen molar-refractivity contribution < 1.29 is 14.8 Å². The predicted molar refractivity (Wildman–Crippen MR) is 95.3 cm³/mol. The van der Waals surface area contributed by atoms with Gasteiger partial charge in [0.25, 0.3) is 11.6 Å². The molecule has 0 spiro atoms. The molecule has 8 nitrogen and oxygen atoms in total. The van der Waals surface area contributed by atoms with Crippen LogP contribution in [0.5, 0.6) is 5.75 Å². The molecule has 8 heteroatoms. The van der Waals surface area contributed by atoms with Crippen molar-refractivity contribution in [3.8, 4) is 5.75 Å². The maximum absolute atomic E-state index is 12.1. The molecule has 1 amide bonds. The highest BCUT2D eigenvalue weighted by atomic mass is 16.6. The Hall–Kier alpha value is -3.42. The minimum absolute atomic E-state index is 0.175. The van der Waals surface area contributed by atoms with Gasteiger partial charge in [-0.25, -0.2) is 5.43 Å². The Morgan fingerprint density at radius 2 is 2.12 bits per heavy atom. The second-order valence-electron chi connectivity index (χ2n) is 5.93. The number of benzene rings is 2. The molecule has 0 saturated carbocycles. The first kappa shape index (κ1) is 17.4. The summed E-state index contributed by atoms with van der Waals surface area (Å²) in [5, 5.41) is 25.9. The highest BCUT2D eigenvalue weighted by Gasteiger charge is 2.18. The van der Waals surface area contributed by atoms with Crippen LogP contribution in [-0.4, -0.2) is 30.1 Å². The van der Waals surface area contributed by atoms with E-state index in [-0.39, 0.29) is 12.5 Å². The average Bonchev–Trinajstić information content (AvgIpc) is 2.63. The molecule has 1 heterocycles. The minimum atomic E-state index is -0.744. The van der Waals surface area contributed by atoms with E-state index in [1.165, 1.54) is 17.8 Å². The van der Waals surface area contributed by atoms with Crippen molar-refractivity contribution in [2.45, 2.75) is 12.8 Å². The fraction of sp³-hybridized carbons (Fsp3) is 0.222. The van der Waals surface area contributed by atoms with Gasteiger partial charge in [0.2, 0.25) is 0 Å². The molecule has 134 valence electrons. The summed E-state index contributed by atoms with van der Waals surface area (Å²) in [6.45, 7) is 0.972. The topological polar surface area (TPSA) is 111 Å². The summed E-state index contributed by atoms with van der Waals surface area (Å²) in [6, 6.07) is 11.6. The lowest BCUT2D eigenvalue weighted by Crippen LogP contribution is -2.38. The molecule has 0 unspecified atom stereocenters. The lowest BCUT2D eigenvalue weighted by Gasteiger charge is -2.30. The van der Waals surface area contributed by atoms with Crippen LogP contribution in [0.1, 0.15) is 17.5 Å². The van der Waals surface area contributed by atoms with Gasteiger partial charge in [-0.2, -0.15) is 5.10 Å². The number of fused-ring (bicyclic) bond motifs is 1. The third kappa shape index (κ3) is 3.97. The Balaban J connectivity index is 1.61. The van der Waals surface area contributed by atoms with E-state index in [0.717, 1.165) is 37.2 Å². The van der Waals surface area contributed by atoms with Crippen molar-refractivity contribution in [2.24, 2.45) is 5.10 Å². The van der Waals surface area contributed by atoms with Gasteiger partial charge in [0.1, 0.15) is 0 Å². The van der Waals surface area contributed by atoms with Crippen molar-refractivity contribution in [3.05, 3.63) is 63.7 Å². The molecule has 2 aromatic carbocycles. The number of hydrazone groups is 1. The van der Waals surface area contributed by atoms with E-state index in [1.807, 2.05) is 23.1 Å². The summed E-state index contributed by atoms with van der Waals surface area (Å²) in [4.78, 5) is 24.1. The van der Waals surface area contributed by atoms with E-state index in [9.17, 15) is 20.0 Å². The molecule has 1 N–H and O–H groups in total. The first-order valence-electron chi connectivity index (χ1n) is 8.15. The number of nitrogens with zero attached hydrogens (tertiary/aromatic N) is 3. The molecule has 2 aromatic rings. The van der Waals surface area contributed by atoms with Crippen LogP contribution in [0.2, 0.25) is 0 Å². The standard InChI is InChI=1S/C18H18N4O4/c23-17-8-7-13(10-16(17)22(25)26)11-19-20-18(24)12-21-9-3-5-14-4-1-2-6-15(14)21/h1-2,4,6-8,10-11,23H,3,5,9,12H2,(H,20,24)/p-1/b19-11-. The molecule has 0 atom stereocenters. The Labute approximate surface area is 149 Å². The number of carbonyl (C=O) groups excluding carboxylic acids is 1. The molecule has 1 aliphatic heterocycles. The summed E-state index contributed by atoms with van der Waals surface area (Å²) >= 11 is 0. The number of hydrogen-bond donors (Lipinski definition) is 1. The fourth-order valence-electron chi connectivity index (χ4n) is 2.92. The van der Waals surface area contributed by atoms with Crippen molar-refractivity contribution in [1.29, 1.82) is 0 Å². The SMILES string of the molecule is O=C(CN1CCCc2ccccc21)N/N=C\c1ccc([O-])c([N+](=O)[O-])c1. The van der Waals surface area contributed by atoms with Crippen LogP contribution in [0.4, 0.5) is 11.4 Å². The normalized spacial score (nSPS) is 13.5. The molecule has 0 radical (unpaired) electrons. The number of rotatable bonds is 5. The van der Waals surface area contributed by atoms with Crippen LogP contribution in [0, 0.1) is 10.1 Å². The maximum atomic E-state index is 12.1. The fourth-order valence-corrected chi connectivity index (χ4v) is 2.92. The van der Waals surface area contributed by atoms with Crippen molar-refractivity contribution in [3.63, 3.8) is 0 Å². The number of nitrogens with one attached hydrogen (secondary N) is 1. The van der Waals surface area contributed by atoms with E-state index in [1.54, 1.807) is 0 Å².